The second-order valence-electron chi connectivity index (χ2n) is 6.57. The Labute approximate surface area is 154 Å². The molecule has 2 unspecified atom stereocenters. The van der Waals surface area contributed by atoms with E-state index >= 15 is 0 Å². The molecule has 2 rings (SSSR count). The molecule has 1 aliphatic rings. The van der Waals surface area contributed by atoms with Gasteiger partial charge in [0.15, 0.2) is 5.96 Å². The third-order valence-electron chi connectivity index (χ3n) is 4.42. The van der Waals surface area contributed by atoms with Crippen LogP contribution in [0.2, 0.25) is 0 Å². The second-order valence-corrected chi connectivity index (χ2v) is 7.71. The van der Waals surface area contributed by atoms with Crippen LogP contribution in [0.4, 0.5) is 0 Å². The first-order valence-electron chi connectivity index (χ1n) is 8.88. The Kier molecular flexibility index (Phi) is 8.18. The number of thioether (sulfide) groups is 1. The summed E-state index contributed by atoms with van der Waals surface area (Å²) in [5, 5.41) is 7.56. The van der Waals surface area contributed by atoms with Crippen molar-refractivity contribution in [2.75, 3.05) is 33.4 Å². The summed E-state index contributed by atoms with van der Waals surface area (Å²) in [6.45, 7) is 0.871. The van der Waals surface area contributed by atoms with Gasteiger partial charge in [0.2, 0.25) is 5.91 Å². The predicted molar refractivity (Wildman–Crippen MR) is 104 cm³/mol. The predicted octanol–water partition coefficient (Wildman–Crippen LogP) is 2.12. The fraction of sp³-hybridized carbons (Fsp3) is 0.667. The maximum absolute atomic E-state index is 11.8. The van der Waals surface area contributed by atoms with E-state index in [1.807, 2.05) is 23.9 Å². The van der Waals surface area contributed by atoms with Gasteiger partial charge in [0, 0.05) is 38.4 Å². The van der Waals surface area contributed by atoms with Gasteiger partial charge in [-0.15, -0.1) is 0 Å². The molecular weight excluding hydrogens is 336 g/mol. The van der Waals surface area contributed by atoms with Gasteiger partial charge in [0.1, 0.15) is 12.3 Å². The van der Waals surface area contributed by atoms with E-state index in [1.54, 1.807) is 25.3 Å². The molecule has 7 heteroatoms. The Morgan fingerprint density at radius 2 is 2.28 bits per heavy atom. The lowest BCUT2D eigenvalue weighted by atomic mass is 9.95. The number of hydrogen-bond donors (Lipinski definition) is 2. The summed E-state index contributed by atoms with van der Waals surface area (Å²) in [5.74, 6) is 1.66. The molecule has 1 saturated carbocycles. The SMILES string of the molecule is CSC1CCCC(NC(=NCC(=O)N(C)C)NCCc2ccco2)C1. The van der Waals surface area contributed by atoms with Gasteiger partial charge in [-0.05, 0) is 37.7 Å². The van der Waals surface area contributed by atoms with Crippen LogP contribution >= 0.6 is 11.8 Å². The van der Waals surface area contributed by atoms with E-state index in [0.29, 0.717) is 23.8 Å². The Hall–Kier alpha value is -1.63. The molecule has 1 amide bonds. The van der Waals surface area contributed by atoms with Gasteiger partial charge in [0.25, 0.3) is 0 Å². The molecule has 25 heavy (non-hydrogen) atoms. The van der Waals surface area contributed by atoms with Gasteiger partial charge in [-0.25, -0.2) is 4.99 Å². The fourth-order valence-corrected chi connectivity index (χ4v) is 3.71. The molecule has 6 nitrogen and oxygen atoms in total. The molecule has 140 valence electrons. The molecule has 1 aliphatic carbocycles. The number of aliphatic imine (C=N–C) groups is 1. The molecule has 1 heterocycles. The number of amides is 1. The van der Waals surface area contributed by atoms with E-state index in [2.05, 4.69) is 21.9 Å². The van der Waals surface area contributed by atoms with Crippen molar-refractivity contribution in [1.29, 1.82) is 0 Å². The largest absolute Gasteiger partial charge is 0.469 e. The average molecular weight is 367 g/mol. The van der Waals surface area contributed by atoms with Gasteiger partial charge >= 0.3 is 0 Å². The molecule has 2 atom stereocenters. The molecule has 1 aromatic heterocycles. The zero-order valence-corrected chi connectivity index (χ0v) is 16.3. The summed E-state index contributed by atoms with van der Waals surface area (Å²) < 4.78 is 5.36. The number of likely N-dealkylation sites (N-methyl/N-ethyl adjacent to an activating group) is 1. The highest BCUT2D eigenvalue weighted by atomic mass is 32.2. The van der Waals surface area contributed by atoms with E-state index in [1.165, 1.54) is 12.8 Å². The van der Waals surface area contributed by atoms with Crippen LogP contribution in [0.3, 0.4) is 0 Å². The summed E-state index contributed by atoms with van der Waals surface area (Å²) in [5.41, 5.74) is 0. The van der Waals surface area contributed by atoms with Crippen molar-refractivity contribution >= 4 is 23.6 Å². The fourth-order valence-electron chi connectivity index (χ4n) is 2.88. The standard InChI is InChI=1S/C18H30N4O2S/c1-22(2)17(23)13-20-18(19-10-9-15-7-5-11-24-15)21-14-6-4-8-16(12-14)25-3/h5,7,11,14,16H,4,6,8-10,12-13H2,1-3H3,(H2,19,20,21). The summed E-state index contributed by atoms with van der Waals surface area (Å²) in [7, 11) is 3.50. The Morgan fingerprint density at radius 1 is 1.44 bits per heavy atom. The summed E-state index contributed by atoms with van der Waals surface area (Å²) >= 11 is 1.94. The quantitative estimate of drug-likeness (QED) is 0.571. The Bertz CT molecular complexity index is 545. The number of rotatable bonds is 7. The maximum Gasteiger partial charge on any atom is 0.243 e. The van der Waals surface area contributed by atoms with Gasteiger partial charge < -0.3 is 20.0 Å². The highest BCUT2D eigenvalue weighted by Gasteiger charge is 2.22. The van der Waals surface area contributed by atoms with E-state index in [0.717, 1.165) is 25.0 Å². The minimum atomic E-state index is -0.00207. The number of furan rings is 1. The molecule has 0 saturated heterocycles. The van der Waals surface area contributed by atoms with Crippen molar-refractivity contribution in [3.8, 4) is 0 Å². The smallest absolute Gasteiger partial charge is 0.243 e. The van der Waals surface area contributed by atoms with Crippen molar-refractivity contribution in [3.05, 3.63) is 24.2 Å². The molecule has 0 radical (unpaired) electrons. The van der Waals surface area contributed by atoms with E-state index in [-0.39, 0.29) is 12.5 Å². The minimum Gasteiger partial charge on any atom is -0.469 e. The Morgan fingerprint density at radius 3 is 2.96 bits per heavy atom. The third-order valence-corrected chi connectivity index (χ3v) is 5.51. The van der Waals surface area contributed by atoms with Crippen LogP contribution in [-0.2, 0) is 11.2 Å². The molecule has 0 aliphatic heterocycles. The monoisotopic (exact) mass is 366 g/mol. The van der Waals surface area contributed by atoms with Gasteiger partial charge in [0.05, 0.1) is 6.26 Å². The van der Waals surface area contributed by atoms with E-state index < -0.39 is 0 Å². The molecule has 0 spiro atoms. The van der Waals surface area contributed by atoms with Crippen molar-refractivity contribution in [3.63, 3.8) is 0 Å². The van der Waals surface area contributed by atoms with Crippen LogP contribution in [0.15, 0.2) is 27.8 Å². The number of carbonyl (C=O) groups is 1. The zero-order valence-electron chi connectivity index (χ0n) is 15.5. The zero-order chi connectivity index (χ0) is 18.1. The summed E-state index contributed by atoms with van der Waals surface area (Å²) in [4.78, 5) is 17.9. The number of nitrogens with zero attached hydrogens (tertiary/aromatic N) is 2. The van der Waals surface area contributed by atoms with Crippen LogP contribution in [0.5, 0.6) is 0 Å². The lowest BCUT2D eigenvalue weighted by molar-refractivity contribution is -0.127. The van der Waals surface area contributed by atoms with Crippen molar-refractivity contribution < 1.29 is 9.21 Å². The van der Waals surface area contributed by atoms with E-state index in [4.69, 9.17) is 4.42 Å². The van der Waals surface area contributed by atoms with Gasteiger partial charge in [-0.2, -0.15) is 11.8 Å². The molecule has 0 bridgehead atoms. The highest BCUT2D eigenvalue weighted by molar-refractivity contribution is 7.99. The first-order chi connectivity index (χ1) is 12.1. The van der Waals surface area contributed by atoms with Gasteiger partial charge in [-0.3, -0.25) is 4.79 Å². The topological polar surface area (TPSA) is 69.9 Å². The lowest BCUT2D eigenvalue weighted by Crippen LogP contribution is -2.46. The minimum absolute atomic E-state index is 0.00207. The van der Waals surface area contributed by atoms with Crippen LogP contribution in [0.1, 0.15) is 31.4 Å². The third kappa shape index (κ3) is 7.02. The van der Waals surface area contributed by atoms with Crippen LogP contribution < -0.4 is 10.6 Å². The number of guanidine groups is 1. The summed E-state index contributed by atoms with van der Waals surface area (Å²) in [6.07, 6.45) is 9.46. The first kappa shape index (κ1) is 19.7. The molecular formula is C18H30N4O2S. The molecule has 2 N–H and O–H groups in total. The normalized spacial score (nSPS) is 21.0. The van der Waals surface area contributed by atoms with Crippen molar-refractivity contribution in [1.82, 2.24) is 15.5 Å². The molecule has 0 aromatic carbocycles. The van der Waals surface area contributed by atoms with Crippen molar-refractivity contribution in [2.24, 2.45) is 4.99 Å². The van der Waals surface area contributed by atoms with Crippen LogP contribution in [0, 0.1) is 0 Å². The second kappa shape index (κ2) is 10.4. The van der Waals surface area contributed by atoms with Crippen LogP contribution in [0.25, 0.3) is 0 Å². The van der Waals surface area contributed by atoms with Gasteiger partial charge in [-0.1, -0.05) is 6.42 Å². The Balaban J connectivity index is 1.90. The number of hydrogen-bond acceptors (Lipinski definition) is 4. The average Bonchev–Trinajstić information content (AvgIpc) is 3.12. The molecule has 1 aromatic rings. The van der Waals surface area contributed by atoms with E-state index in [9.17, 15) is 4.79 Å². The first-order valence-corrected chi connectivity index (χ1v) is 10.2. The lowest BCUT2D eigenvalue weighted by Gasteiger charge is -2.30. The summed E-state index contributed by atoms with van der Waals surface area (Å²) in [6, 6.07) is 4.27. The van der Waals surface area contributed by atoms with Crippen LogP contribution in [-0.4, -0.2) is 61.5 Å². The maximum atomic E-state index is 11.8. The van der Waals surface area contributed by atoms with Crippen molar-refractivity contribution in [2.45, 2.75) is 43.4 Å². The number of nitrogens with one attached hydrogen (secondary N) is 2. The molecule has 1 fully saturated rings. The highest BCUT2D eigenvalue weighted by Crippen LogP contribution is 2.26. The number of carbonyl (C=O) groups excluding carboxylic acids is 1.